The summed E-state index contributed by atoms with van der Waals surface area (Å²) in [4.78, 5) is 0.624. The predicted molar refractivity (Wildman–Crippen MR) is 140 cm³/mol. The summed E-state index contributed by atoms with van der Waals surface area (Å²) >= 11 is 11.7. The van der Waals surface area contributed by atoms with Crippen molar-refractivity contribution in [2.45, 2.75) is 39.0 Å². The molecule has 0 bridgehead atoms. The largest absolute Gasteiger partial charge is 0.486 e. The summed E-state index contributed by atoms with van der Waals surface area (Å²) in [7, 11) is -7.35. The van der Waals surface area contributed by atoms with E-state index >= 15 is 0 Å². The van der Waals surface area contributed by atoms with Crippen molar-refractivity contribution >= 4 is 42.9 Å². The van der Waals surface area contributed by atoms with Gasteiger partial charge in [0.2, 0.25) is 19.7 Å². The number of halogens is 2. The SMILES string of the molecule is CCC(Oc1ccc(S(=O)(=O)c2ccc(Cl)cc2)cc1)c1ccc(S(=O)(=O)c2ccc(Cl)cc2)cc1. The minimum atomic E-state index is -3.68. The van der Waals surface area contributed by atoms with Crippen LogP contribution in [-0.2, 0) is 19.7 Å². The van der Waals surface area contributed by atoms with E-state index in [2.05, 4.69) is 0 Å². The minimum absolute atomic E-state index is 0.141. The van der Waals surface area contributed by atoms with Crippen molar-refractivity contribution < 1.29 is 21.6 Å². The molecule has 186 valence electrons. The monoisotopic (exact) mass is 560 g/mol. The Morgan fingerprint density at radius 3 is 1.28 bits per heavy atom. The van der Waals surface area contributed by atoms with Crippen LogP contribution in [0.4, 0.5) is 0 Å². The molecule has 4 aromatic rings. The molecular weight excluding hydrogens is 539 g/mol. The molecule has 36 heavy (non-hydrogen) atoms. The molecule has 0 spiro atoms. The minimum Gasteiger partial charge on any atom is -0.486 e. The van der Waals surface area contributed by atoms with Crippen molar-refractivity contribution in [3.63, 3.8) is 0 Å². The van der Waals surface area contributed by atoms with Crippen LogP contribution in [-0.4, -0.2) is 16.8 Å². The number of benzene rings is 4. The van der Waals surface area contributed by atoms with Gasteiger partial charge in [0.1, 0.15) is 11.9 Å². The first kappa shape index (κ1) is 26.2. The van der Waals surface area contributed by atoms with Gasteiger partial charge in [-0.25, -0.2) is 16.8 Å². The van der Waals surface area contributed by atoms with Crippen LogP contribution in [0.2, 0.25) is 10.0 Å². The van der Waals surface area contributed by atoms with Crippen LogP contribution in [0.25, 0.3) is 0 Å². The molecule has 0 saturated heterocycles. The second kappa shape index (κ2) is 10.6. The van der Waals surface area contributed by atoms with E-state index in [0.717, 1.165) is 5.56 Å². The summed E-state index contributed by atoms with van der Waals surface area (Å²) in [5.74, 6) is 0.495. The molecule has 1 unspecified atom stereocenters. The maximum Gasteiger partial charge on any atom is 0.206 e. The predicted octanol–water partition coefficient (Wildman–Crippen LogP) is 7.19. The van der Waals surface area contributed by atoms with Crippen LogP contribution in [0.5, 0.6) is 5.75 Å². The Bertz CT molecular complexity index is 1550. The van der Waals surface area contributed by atoms with Crippen molar-refractivity contribution in [1.29, 1.82) is 0 Å². The van der Waals surface area contributed by atoms with E-state index in [-0.39, 0.29) is 25.7 Å². The van der Waals surface area contributed by atoms with Gasteiger partial charge in [0.05, 0.1) is 19.6 Å². The molecule has 0 N–H and O–H groups in total. The quantitative estimate of drug-likeness (QED) is 0.228. The number of rotatable bonds is 8. The number of hydrogen-bond acceptors (Lipinski definition) is 5. The number of ether oxygens (including phenoxy) is 1. The normalized spacial score (nSPS) is 12.8. The molecule has 0 aromatic heterocycles. The summed E-state index contributed by atoms with van der Waals surface area (Å²) in [6, 6.07) is 24.7. The maximum absolute atomic E-state index is 12.9. The fourth-order valence-electron chi connectivity index (χ4n) is 3.61. The number of sulfone groups is 2. The lowest BCUT2D eigenvalue weighted by Crippen LogP contribution is -2.08. The zero-order valence-corrected chi connectivity index (χ0v) is 22.3. The van der Waals surface area contributed by atoms with Crippen molar-refractivity contribution in [2.24, 2.45) is 0 Å². The van der Waals surface area contributed by atoms with E-state index in [1.54, 1.807) is 36.4 Å². The van der Waals surface area contributed by atoms with Gasteiger partial charge in [-0.2, -0.15) is 0 Å². The van der Waals surface area contributed by atoms with Gasteiger partial charge in [-0.1, -0.05) is 42.3 Å². The van der Waals surface area contributed by atoms with Gasteiger partial charge in [0.15, 0.2) is 0 Å². The lowest BCUT2D eigenvalue weighted by atomic mass is 10.1. The highest BCUT2D eigenvalue weighted by atomic mass is 35.5. The van der Waals surface area contributed by atoms with Gasteiger partial charge in [0.25, 0.3) is 0 Å². The Balaban J connectivity index is 1.51. The topological polar surface area (TPSA) is 77.5 Å². The van der Waals surface area contributed by atoms with Crippen LogP contribution in [0.3, 0.4) is 0 Å². The molecule has 0 radical (unpaired) electrons. The van der Waals surface area contributed by atoms with E-state index in [4.69, 9.17) is 27.9 Å². The molecule has 5 nitrogen and oxygen atoms in total. The molecule has 4 aromatic carbocycles. The lowest BCUT2D eigenvalue weighted by molar-refractivity contribution is 0.201. The number of hydrogen-bond donors (Lipinski definition) is 0. The molecule has 0 fully saturated rings. The fraction of sp³-hybridized carbons (Fsp3) is 0.111. The molecule has 0 saturated carbocycles. The highest BCUT2D eigenvalue weighted by Gasteiger charge is 2.20. The van der Waals surface area contributed by atoms with Crippen molar-refractivity contribution in [3.8, 4) is 5.75 Å². The summed E-state index contributed by atoms with van der Waals surface area (Å²) in [5.41, 5.74) is 0.797. The first-order chi connectivity index (χ1) is 17.1. The maximum atomic E-state index is 12.9. The van der Waals surface area contributed by atoms with Crippen LogP contribution in [0.15, 0.2) is 117 Å². The second-order valence-corrected chi connectivity index (χ2v) is 12.7. The third kappa shape index (κ3) is 5.60. The van der Waals surface area contributed by atoms with Crippen molar-refractivity contribution in [2.75, 3.05) is 0 Å². The van der Waals surface area contributed by atoms with Gasteiger partial charge >= 0.3 is 0 Å². The summed E-state index contributed by atoms with van der Waals surface area (Å²) < 4.78 is 57.6. The average Bonchev–Trinajstić information content (AvgIpc) is 2.88. The fourth-order valence-corrected chi connectivity index (χ4v) is 6.38. The Labute approximate surface area is 221 Å². The molecule has 9 heteroatoms. The first-order valence-corrected chi connectivity index (χ1v) is 14.7. The highest BCUT2D eigenvalue weighted by molar-refractivity contribution is 7.91. The van der Waals surface area contributed by atoms with Crippen LogP contribution >= 0.6 is 23.2 Å². The van der Waals surface area contributed by atoms with E-state index in [1.807, 2.05) is 6.92 Å². The Kier molecular flexibility index (Phi) is 7.76. The smallest absolute Gasteiger partial charge is 0.206 e. The van der Waals surface area contributed by atoms with Gasteiger partial charge in [-0.15, -0.1) is 0 Å². The summed E-state index contributed by atoms with van der Waals surface area (Å²) in [6.45, 7) is 1.95. The Hall–Kier alpha value is -2.84. The molecule has 1 atom stereocenters. The second-order valence-electron chi connectivity index (χ2n) is 7.97. The molecule has 0 heterocycles. The molecule has 0 aliphatic heterocycles. The average molecular weight is 562 g/mol. The van der Waals surface area contributed by atoms with Crippen LogP contribution in [0, 0.1) is 0 Å². The lowest BCUT2D eigenvalue weighted by Gasteiger charge is -2.19. The van der Waals surface area contributed by atoms with Crippen LogP contribution < -0.4 is 4.74 Å². The zero-order valence-electron chi connectivity index (χ0n) is 19.1. The third-order valence-electron chi connectivity index (χ3n) is 5.59. The van der Waals surface area contributed by atoms with Gasteiger partial charge < -0.3 is 4.74 Å². The molecule has 0 amide bonds. The Morgan fingerprint density at radius 2 is 0.917 bits per heavy atom. The third-order valence-corrected chi connectivity index (χ3v) is 9.67. The van der Waals surface area contributed by atoms with E-state index in [9.17, 15) is 16.8 Å². The molecule has 4 rings (SSSR count). The zero-order chi connectivity index (χ0) is 25.9. The van der Waals surface area contributed by atoms with Gasteiger partial charge in [0, 0.05) is 10.0 Å². The van der Waals surface area contributed by atoms with E-state index in [1.165, 1.54) is 60.7 Å². The summed E-state index contributed by atoms with van der Waals surface area (Å²) in [5, 5.41) is 0.918. The highest BCUT2D eigenvalue weighted by Crippen LogP contribution is 2.30. The van der Waals surface area contributed by atoms with Crippen LogP contribution in [0.1, 0.15) is 25.0 Å². The van der Waals surface area contributed by atoms with Crippen molar-refractivity contribution in [3.05, 3.63) is 113 Å². The van der Waals surface area contributed by atoms with E-state index in [0.29, 0.717) is 22.2 Å². The molecule has 0 aliphatic rings. The van der Waals surface area contributed by atoms with Crippen molar-refractivity contribution in [1.82, 2.24) is 0 Å². The molecular formula is C27H22Cl2O5S2. The van der Waals surface area contributed by atoms with Gasteiger partial charge in [-0.05, 0) is 96.9 Å². The van der Waals surface area contributed by atoms with Gasteiger partial charge in [-0.3, -0.25) is 0 Å². The standard InChI is InChI=1S/C27H22Cl2O5S2/c1-2-27(19-3-11-23(12-4-19)35(30,31)24-13-5-20(28)6-14-24)34-22-9-17-26(18-10-22)36(32,33)25-15-7-21(29)8-16-25/h3-18,27H,2H2,1H3. The first-order valence-electron chi connectivity index (χ1n) is 11.0. The Morgan fingerprint density at radius 1 is 0.583 bits per heavy atom. The molecule has 0 aliphatic carbocycles. The van der Waals surface area contributed by atoms with E-state index < -0.39 is 19.7 Å². The summed E-state index contributed by atoms with van der Waals surface area (Å²) in [6.07, 6.45) is 0.268.